The number of ether oxygens (including phenoxy) is 1. The van der Waals surface area contributed by atoms with E-state index in [1.165, 1.54) is 6.07 Å². The highest BCUT2D eigenvalue weighted by Crippen LogP contribution is 2.48. The Bertz CT molecular complexity index is 1050. The average Bonchev–Trinajstić information content (AvgIpc) is 3.01. The van der Waals surface area contributed by atoms with Crippen molar-refractivity contribution < 1.29 is 18.7 Å². The Kier molecular flexibility index (Phi) is 6.86. The molecule has 1 aromatic carbocycles. The zero-order valence-corrected chi connectivity index (χ0v) is 21.4. The van der Waals surface area contributed by atoms with Crippen LogP contribution in [0.3, 0.4) is 0 Å². The summed E-state index contributed by atoms with van der Waals surface area (Å²) in [5.41, 5.74) is 1.60. The Morgan fingerprint density at radius 3 is 2.69 bits per heavy atom. The van der Waals surface area contributed by atoms with Gasteiger partial charge in [0, 0.05) is 56.8 Å². The molecule has 1 spiro atoms. The summed E-state index contributed by atoms with van der Waals surface area (Å²) in [5.74, 6) is 2.76. The number of likely N-dealkylation sites (tertiary alicyclic amines) is 1. The average molecular weight is 497 g/mol. The molecule has 6 rings (SSSR count). The van der Waals surface area contributed by atoms with Crippen molar-refractivity contribution in [2.75, 3.05) is 51.8 Å². The van der Waals surface area contributed by atoms with Crippen LogP contribution in [0.4, 0.5) is 19.7 Å². The number of urea groups is 1. The zero-order valence-electron chi connectivity index (χ0n) is 21.4. The number of rotatable bonds is 3. The molecule has 0 radical (unpaired) electrons. The highest BCUT2D eigenvalue weighted by Gasteiger charge is 2.48. The van der Waals surface area contributed by atoms with Crippen LogP contribution in [0.5, 0.6) is 0 Å². The van der Waals surface area contributed by atoms with Gasteiger partial charge in [-0.25, -0.2) is 14.0 Å². The van der Waals surface area contributed by atoms with Gasteiger partial charge in [0.25, 0.3) is 0 Å². The maximum atomic E-state index is 14.3. The van der Waals surface area contributed by atoms with E-state index >= 15 is 0 Å². The minimum atomic E-state index is -0.246. The summed E-state index contributed by atoms with van der Waals surface area (Å²) in [6.45, 7) is 3.47. The molecule has 3 saturated heterocycles. The van der Waals surface area contributed by atoms with Gasteiger partial charge in [0.15, 0.2) is 0 Å². The predicted molar refractivity (Wildman–Crippen MR) is 136 cm³/mol. The van der Waals surface area contributed by atoms with Crippen LogP contribution in [0.15, 0.2) is 18.2 Å². The van der Waals surface area contributed by atoms with Gasteiger partial charge < -0.3 is 19.4 Å². The van der Waals surface area contributed by atoms with E-state index in [-0.39, 0.29) is 36.0 Å². The van der Waals surface area contributed by atoms with E-state index < -0.39 is 0 Å². The molecule has 3 unspecified atom stereocenters. The van der Waals surface area contributed by atoms with Crippen LogP contribution in [0, 0.1) is 24.1 Å². The normalized spacial score (nSPS) is 26.9. The van der Waals surface area contributed by atoms with Crippen molar-refractivity contribution in [3.8, 4) is 12.3 Å². The second-order valence-corrected chi connectivity index (χ2v) is 11.2. The van der Waals surface area contributed by atoms with Crippen molar-refractivity contribution in [3.05, 3.63) is 29.6 Å². The highest BCUT2D eigenvalue weighted by atomic mass is 19.1. The van der Waals surface area contributed by atoms with Crippen LogP contribution in [0.25, 0.3) is 0 Å². The van der Waals surface area contributed by atoms with E-state index in [1.54, 1.807) is 31.1 Å². The smallest absolute Gasteiger partial charge is 0.410 e. The number of amides is 3. The van der Waals surface area contributed by atoms with Gasteiger partial charge in [0.1, 0.15) is 12.4 Å². The predicted octanol–water partition coefficient (Wildman–Crippen LogP) is 4.06. The number of hydrogen-bond acceptors (Lipinski definition) is 4. The molecular formula is C28H37FN4O3. The number of nitrogens with zero attached hydrogens (tertiary/aromatic N) is 4. The number of fused-ring (bicyclic) bond motifs is 6. The van der Waals surface area contributed by atoms with Crippen LogP contribution in [-0.4, -0.2) is 85.8 Å². The third-order valence-electron chi connectivity index (χ3n) is 8.83. The maximum absolute atomic E-state index is 14.3. The van der Waals surface area contributed by atoms with E-state index in [0.717, 1.165) is 69.4 Å². The summed E-state index contributed by atoms with van der Waals surface area (Å²) in [6.07, 6.45) is 11.5. The van der Waals surface area contributed by atoms with E-state index in [4.69, 9.17) is 11.2 Å². The number of hydrogen-bond donors (Lipinski definition) is 0. The Hall–Kier alpha value is -2.79. The van der Waals surface area contributed by atoms with Gasteiger partial charge in [-0.2, -0.15) is 0 Å². The molecule has 1 saturated carbocycles. The molecule has 0 N–H and O–H groups in total. The fourth-order valence-electron chi connectivity index (χ4n) is 6.94. The SMILES string of the molecule is C#CCCOC(=O)N1CC2CCC1CC(N1CCC3(CC1)CN(C(=O)N(C)C)c1ccc(F)cc13)C2. The molecule has 36 heavy (non-hydrogen) atoms. The van der Waals surface area contributed by atoms with Crippen molar-refractivity contribution in [2.45, 2.75) is 62.4 Å². The van der Waals surface area contributed by atoms with Gasteiger partial charge in [-0.15, -0.1) is 12.3 Å². The lowest BCUT2D eigenvalue weighted by Gasteiger charge is -2.43. The van der Waals surface area contributed by atoms with Gasteiger partial charge >= 0.3 is 12.1 Å². The summed E-state index contributed by atoms with van der Waals surface area (Å²) in [4.78, 5) is 33.5. The first-order chi connectivity index (χ1) is 17.3. The van der Waals surface area contributed by atoms with Crippen LogP contribution in [-0.2, 0) is 10.2 Å². The number of piperidine rings is 2. The Morgan fingerprint density at radius 1 is 1.19 bits per heavy atom. The summed E-state index contributed by atoms with van der Waals surface area (Å²) in [7, 11) is 3.52. The summed E-state index contributed by atoms with van der Waals surface area (Å²) < 4.78 is 19.7. The van der Waals surface area contributed by atoms with Crippen molar-refractivity contribution >= 4 is 17.8 Å². The molecule has 4 fully saturated rings. The third-order valence-corrected chi connectivity index (χ3v) is 8.83. The number of anilines is 1. The van der Waals surface area contributed by atoms with E-state index in [2.05, 4.69) is 10.8 Å². The third kappa shape index (κ3) is 4.54. The van der Waals surface area contributed by atoms with E-state index in [0.29, 0.717) is 24.9 Å². The molecule has 3 atom stereocenters. The van der Waals surface area contributed by atoms with Crippen LogP contribution in [0.1, 0.15) is 50.5 Å². The standard InChI is InChI=1S/C28H37FN4O3/c1-4-5-14-36-27(35)32-18-20-6-8-22(32)17-23(15-20)31-12-10-28(11-13-31)19-33(26(34)30(2)3)25-9-7-21(29)16-24(25)28/h1,7,9,16,20,22-23H,5-6,8,10-15,17-19H2,2-3H3. The molecular weight excluding hydrogens is 459 g/mol. The lowest BCUT2D eigenvalue weighted by molar-refractivity contribution is 0.0645. The van der Waals surface area contributed by atoms with Crippen molar-refractivity contribution in [3.63, 3.8) is 0 Å². The van der Waals surface area contributed by atoms with Gasteiger partial charge in [-0.1, -0.05) is 0 Å². The Balaban J connectivity index is 1.27. The minimum Gasteiger partial charge on any atom is -0.448 e. The first-order valence-corrected chi connectivity index (χ1v) is 13.2. The van der Waals surface area contributed by atoms with Crippen LogP contribution < -0.4 is 4.90 Å². The number of benzene rings is 1. The summed E-state index contributed by atoms with van der Waals surface area (Å²) >= 11 is 0. The Labute approximate surface area is 213 Å². The second kappa shape index (κ2) is 9.93. The first-order valence-electron chi connectivity index (χ1n) is 13.2. The summed E-state index contributed by atoms with van der Waals surface area (Å²) in [6, 6.07) is 5.43. The molecule has 8 heteroatoms. The Morgan fingerprint density at radius 2 is 1.97 bits per heavy atom. The van der Waals surface area contributed by atoms with E-state index in [9.17, 15) is 14.0 Å². The van der Waals surface area contributed by atoms with Crippen LogP contribution >= 0.6 is 0 Å². The number of carbonyl (C=O) groups is 2. The molecule has 3 amide bonds. The lowest BCUT2D eigenvalue weighted by Crippen LogP contribution is -2.50. The second-order valence-electron chi connectivity index (χ2n) is 11.2. The van der Waals surface area contributed by atoms with Crippen LogP contribution in [0.2, 0.25) is 0 Å². The minimum absolute atomic E-state index is 0.0586. The molecule has 2 bridgehead atoms. The quantitative estimate of drug-likeness (QED) is 0.468. The largest absolute Gasteiger partial charge is 0.448 e. The fraction of sp³-hybridized carbons (Fsp3) is 0.643. The molecule has 7 nitrogen and oxygen atoms in total. The molecule has 4 heterocycles. The van der Waals surface area contributed by atoms with Gasteiger partial charge in [-0.3, -0.25) is 4.90 Å². The molecule has 1 aromatic rings. The van der Waals surface area contributed by atoms with Gasteiger partial charge in [0.2, 0.25) is 0 Å². The molecule has 0 aromatic heterocycles. The fourth-order valence-corrected chi connectivity index (χ4v) is 6.94. The van der Waals surface area contributed by atoms with Crippen molar-refractivity contribution in [2.24, 2.45) is 5.92 Å². The molecule has 5 aliphatic rings. The first kappa shape index (κ1) is 24.9. The molecule has 194 valence electrons. The van der Waals surface area contributed by atoms with Gasteiger partial charge in [0.05, 0.1) is 0 Å². The highest BCUT2D eigenvalue weighted by molar-refractivity contribution is 5.95. The summed E-state index contributed by atoms with van der Waals surface area (Å²) in [5, 5.41) is 0. The number of terminal acetylenes is 1. The molecule has 1 aliphatic carbocycles. The van der Waals surface area contributed by atoms with Gasteiger partial charge in [-0.05, 0) is 81.3 Å². The molecule has 4 aliphatic heterocycles. The monoisotopic (exact) mass is 496 g/mol. The zero-order chi connectivity index (χ0) is 25.4. The lowest BCUT2D eigenvalue weighted by atomic mass is 9.74. The number of carbonyl (C=O) groups excluding carboxylic acids is 2. The topological polar surface area (TPSA) is 56.3 Å². The maximum Gasteiger partial charge on any atom is 0.410 e. The number of halogens is 1. The van der Waals surface area contributed by atoms with Crippen molar-refractivity contribution in [1.82, 2.24) is 14.7 Å². The van der Waals surface area contributed by atoms with E-state index in [1.807, 2.05) is 9.80 Å². The van der Waals surface area contributed by atoms with Crippen molar-refractivity contribution in [1.29, 1.82) is 0 Å².